The Morgan fingerprint density at radius 2 is 2.20 bits per heavy atom. The molecule has 0 bridgehead atoms. The van der Waals surface area contributed by atoms with Gasteiger partial charge >= 0.3 is 0 Å². The SMILES string of the molecule is CCCCC(N)Cc1cccc(F)c1Cl. The van der Waals surface area contributed by atoms with Crippen LogP contribution in [-0.4, -0.2) is 6.04 Å². The highest BCUT2D eigenvalue weighted by molar-refractivity contribution is 6.31. The van der Waals surface area contributed by atoms with E-state index in [9.17, 15) is 4.39 Å². The fourth-order valence-electron chi connectivity index (χ4n) is 1.56. The lowest BCUT2D eigenvalue weighted by atomic mass is 10.0. The predicted octanol–water partition coefficient (Wildman–Crippen LogP) is 3.54. The molecule has 1 nitrogen and oxygen atoms in total. The highest BCUT2D eigenvalue weighted by Crippen LogP contribution is 2.21. The summed E-state index contributed by atoms with van der Waals surface area (Å²) in [6.07, 6.45) is 3.85. The van der Waals surface area contributed by atoms with Crippen LogP contribution >= 0.6 is 11.6 Å². The summed E-state index contributed by atoms with van der Waals surface area (Å²) in [6.45, 7) is 2.13. The predicted molar refractivity (Wildman–Crippen MR) is 62.6 cm³/mol. The monoisotopic (exact) mass is 229 g/mol. The number of rotatable bonds is 5. The first-order valence-corrected chi connectivity index (χ1v) is 5.71. The minimum atomic E-state index is -0.364. The average molecular weight is 230 g/mol. The Balaban J connectivity index is 2.60. The molecule has 84 valence electrons. The molecule has 0 aliphatic heterocycles. The summed E-state index contributed by atoms with van der Waals surface area (Å²) in [5.74, 6) is -0.364. The van der Waals surface area contributed by atoms with E-state index in [0.29, 0.717) is 6.42 Å². The minimum Gasteiger partial charge on any atom is -0.327 e. The quantitative estimate of drug-likeness (QED) is 0.821. The van der Waals surface area contributed by atoms with Crippen molar-refractivity contribution in [1.29, 1.82) is 0 Å². The lowest BCUT2D eigenvalue weighted by Gasteiger charge is -2.12. The van der Waals surface area contributed by atoms with Gasteiger partial charge in [0.15, 0.2) is 0 Å². The highest BCUT2D eigenvalue weighted by atomic mass is 35.5. The van der Waals surface area contributed by atoms with Gasteiger partial charge in [0.1, 0.15) is 5.82 Å². The standard InChI is InChI=1S/C12H17ClFN/c1-2-3-6-10(15)8-9-5-4-7-11(14)12(9)13/h4-5,7,10H,2-3,6,8,15H2,1H3. The molecule has 0 radical (unpaired) electrons. The topological polar surface area (TPSA) is 26.0 Å². The second kappa shape index (κ2) is 6.09. The van der Waals surface area contributed by atoms with Gasteiger partial charge in [0.25, 0.3) is 0 Å². The first-order valence-electron chi connectivity index (χ1n) is 5.33. The molecule has 1 aromatic rings. The first kappa shape index (κ1) is 12.5. The summed E-state index contributed by atoms with van der Waals surface area (Å²) in [5.41, 5.74) is 6.74. The van der Waals surface area contributed by atoms with Crippen LogP contribution in [0.25, 0.3) is 0 Å². The van der Waals surface area contributed by atoms with Crippen LogP contribution in [0.15, 0.2) is 18.2 Å². The van der Waals surface area contributed by atoms with Crippen molar-refractivity contribution >= 4 is 11.6 Å². The van der Waals surface area contributed by atoms with Crippen molar-refractivity contribution in [2.45, 2.75) is 38.6 Å². The van der Waals surface area contributed by atoms with Crippen LogP contribution < -0.4 is 5.73 Å². The van der Waals surface area contributed by atoms with E-state index in [1.54, 1.807) is 6.07 Å². The van der Waals surface area contributed by atoms with E-state index in [0.717, 1.165) is 24.8 Å². The third kappa shape index (κ3) is 3.80. The smallest absolute Gasteiger partial charge is 0.142 e. The fourth-order valence-corrected chi connectivity index (χ4v) is 1.76. The summed E-state index contributed by atoms with van der Waals surface area (Å²) in [6, 6.07) is 4.94. The van der Waals surface area contributed by atoms with E-state index < -0.39 is 0 Å². The Labute approximate surface area is 95.4 Å². The Morgan fingerprint density at radius 3 is 2.87 bits per heavy atom. The summed E-state index contributed by atoms with van der Waals surface area (Å²) >= 11 is 5.84. The zero-order valence-corrected chi connectivity index (χ0v) is 9.73. The molecule has 3 heteroatoms. The molecular weight excluding hydrogens is 213 g/mol. The van der Waals surface area contributed by atoms with Crippen LogP contribution in [0.5, 0.6) is 0 Å². The third-order valence-corrected chi connectivity index (χ3v) is 2.87. The molecular formula is C12H17ClFN. The molecule has 1 rings (SSSR count). The molecule has 0 amide bonds. The number of nitrogens with two attached hydrogens (primary N) is 1. The maximum absolute atomic E-state index is 13.1. The molecule has 0 fully saturated rings. The molecule has 2 N–H and O–H groups in total. The van der Waals surface area contributed by atoms with Crippen LogP contribution in [-0.2, 0) is 6.42 Å². The third-order valence-electron chi connectivity index (χ3n) is 2.44. The van der Waals surface area contributed by atoms with Crippen molar-refractivity contribution in [3.05, 3.63) is 34.6 Å². The van der Waals surface area contributed by atoms with Gasteiger partial charge in [0.2, 0.25) is 0 Å². The Kier molecular flexibility index (Phi) is 5.06. The second-order valence-electron chi connectivity index (χ2n) is 3.82. The van der Waals surface area contributed by atoms with E-state index >= 15 is 0 Å². The fraction of sp³-hybridized carbons (Fsp3) is 0.500. The van der Waals surface area contributed by atoms with Gasteiger partial charge in [-0.05, 0) is 24.5 Å². The van der Waals surface area contributed by atoms with Crippen LogP contribution in [0.4, 0.5) is 4.39 Å². The van der Waals surface area contributed by atoms with E-state index in [4.69, 9.17) is 17.3 Å². The maximum atomic E-state index is 13.1. The van der Waals surface area contributed by atoms with E-state index in [-0.39, 0.29) is 16.9 Å². The van der Waals surface area contributed by atoms with Gasteiger partial charge in [-0.1, -0.05) is 43.5 Å². The average Bonchev–Trinajstić information content (AvgIpc) is 2.22. The summed E-state index contributed by atoms with van der Waals surface area (Å²) in [7, 11) is 0. The first-order chi connectivity index (χ1) is 7.15. The van der Waals surface area contributed by atoms with Gasteiger partial charge in [-0.15, -0.1) is 0 Å². The summed E-state index contributed by atoms with van der Waals surface area (Å²) in [5, 5.41) is 0.212. The van der Waals surface area contributed by atoms with E-state index in [1.165, 1.54) is 6.07 Å². The zero-order valence-electron chi connectivity index (χ0n) is 8.97. The van der Waals surface area contributed by atoms with E-state index in [1.807, 2.05) is 6.07 Å². The van der Waals surface area contributed by atoms with Crippen molar-refractivity contribution in [3.8, 4) is 0 Å². The molecule has 0 aliphatic rings. The molecule has 0 spiro atoms. The van der Waals surface area contributed by atoms with Crippen LogP contribution in [0, 0.1) is 5.82 Å². The van der Waals surface area contributed by atoms with Gasteiger partial charge in [-0.3, -0.25) is 0 Å². The lowest BCUT2D eigenvalue weighted by molar-refractivity contribution is 0.570. The Morgan fingerprint density at radius 1 is 1.47 bits per heavy atom. The molecule has 0 aromatic heterocycles. The van der Waals surface area contributed by atoms with Gasteiger partial charge in [-0.2, -0.15) is 0 Å². The number of hydrogen-bond donors (Lipinski definition) is 1. The summed E-state index contributed by atoms with van der Waals surface area (Å²) < 4.78 is 13.1. The zero-order chi connectivity index (χ0) is 11.3. The molecule has 1 unspecified atom stereocenters. The van der Waals surface area contributed by atoms with E-state index in [2.05, 4.69) is 6.92 Å². The Hall–Kier alpha value is -0.600. The molecule has 0 saturated carbocycles. The molecule has 1 atom stereocenters. The van der Waals surface area contributed by atoms with Crippen LogP contribution in [0.3, 0.4) is 0 Å². The molecule has 0 saturated heterocycles. The summed E-state index contributed by atoms with van der Waals surface area (Å²) in [4.78, 5) is 0. The number of benzene rings is 1. The Bertz CT molecular complexity index is 314. The number of halogens is 2. The van der Waals surface area contributed by atoms with Crippen molar-refractivity contribution in [1.82, 2.24) is 0 Å². The van der Waals surface area contributed by atoms with Crippen molar-refractivity contribution in [2.24, 2.45) is 5.73 Å². The van der Waals surface area contributed by atoms with Gasteiger partial charge in [0.05, 0.1) is 5.02 Å². The van der Waals surface area contributed by atoms with Gasteiger partial charge in [0, 0.05) is 6.04 Å². The van der Waals surface area contributed by atoms with Gasteiger partial charge < -0.3 is 5.73 Å². The van der Waals surface area contributed by atoms with Crippen molar-refractivity contribution in [3.63, 3.8) is 0 Å². The number of hydrogen-bond acceptors (Lipinski definition) is 1. The highest BCUT2D eigenvalue weighted by Gasteiger charge is 2.09. The minimum absolute atomic E-state index is 0.0734. The largest absolute Gasteiger partial charge is 0.327 e. The molecule has 0 aliphatic carbocycles. The van der Waals surface area contributed by atoms with Crippen LogP contribution in [0.2, 0.25) is 5.02 Å². The van der Waals surface area contributed by atoms with Crippen LogP contribution in [0.1, 0.15) is 31.7 Å². The molecule has 15 heavy (non-hydrogen) atoms. The number of unbranched alkanes of at least 4 members (excludes halogenated alkanes) is 1. The molecule has 0 heterocycles. The normalized spacial score (nSPS) is 12.8. The lowest BCUT2D eigenvalue weighted by Crippen LogP contribution is -2.22. The van der Waals surface area contributed by atoms with Crippen molar-refractivity contribution in [2.75, 3.05) is 0 Å². The second-order valence-corrected chi connectivity index (χ2v) is 4.20. The van der Waals surface area contributed by atoms with Gasteiger partial charge in [-0.25, -0.2) is 4.39 Å². The maximum Gasteiger partial charge on any atom is 0.142 e. The van der Waals surface area contributed by atoms with Crippen molar-refractivity contribution < 1.29 is 4.39 Å². The molecule has 1 aromatic carbocycles.